The van der Waals surface area contributed by atoms with Crippen LogP contribution in [-0.4, -0.2) is 29.2 Å². The summed E-state index contributed by atoms with van der Waals surface area (Å²) in [6.45, 7) is 2.00. The minimum atomic E-state index is -0.111. The number of nitrogens with zero attached hydrogens (tertiary/aromatic N) is 1. The van der Waals surface area contributed by atoms with E-state index in [4.69, 9.17) is 5.11 Å². The first-order valence-corrected chi connectivity index (χ1v) is 6.39. The van der Waals surface area contributed by atoms with Gasteiger partial charge < -0.3 is 5.11 Å². The molecule has 17 heavy (non-hydrogen) atoms. The maximum Gasteiger partial charge on any atom is 0.127 e. The summed E-state index contributed by atoms with van der Waals surface area (Å²) >= 11 is 0. The van der Waals surface area contributed by atoms with Crippen LogP contribution in [0.3, 0.4) is 0 Å². The predicted molar refractivity (Wildman–Crippen MR) is 66.2 cm³/mol. The quantitative estimate of drug-likeness (QED) is 0.850. The Balaban J connectivity index is 1.95. The van der Waals surface area contributed by atoms with E-state index in [1.165, 1.54) is 18.9 Å². The van der Waals surface area contributed by atoms with Gasteiger partial charge in [-0.1, -0.05) is 18.2 Å². The lowest BCUT2D eigenvalue weighted by Crippen LogP contribution is -2.29. The van der Waals surface area contributed by atoms with Crippen molar-refractivity contribution in [3.63, 3.8) is 0 Å². The fraction of sp³-hybridized carbons (Fsp3) is 0.571. The van der Waals surface area contributed by atoms with Crippen LogP contribution in [0.1, 0.15) is 31.2 Å². The molecule has 1 aromatic rings. The smallest absolute Gasteiger partial charge is 0.127 e. The standard InChI is InChI=1S/C14H20FNO/c15-14-8-2-1-5-12(14)11-16-9-3-6-13(16)7-4-10-17/h1-2,5,8,13,17H,3-4,6-7,9-11H2. The highest BCUT2D eigenvalue weighted by Gasteiger charge is 2.24. The number of aliphatic hydroxyl groups excluding tert-OH is 1. The Morgan fingerprint density at radius 1 is 1.35 bits per heavy atom. The van der Waals surface area contributed by atoms with E-state index in [0.717, 1.165) is 24.9 Å². The number of likely N-dealkylation sites (tertiary alicyclic amines) is 1. The molecule has 0 spiro atoms. The Morgan fingerprint density at radius 3 is 2.94 bits per heavy atom. The van der Waals surface area contributed by atoms with Crippen LogP contribution in [0.5, 0.6) is 0 Å². The van der Waals surface area contributed by atoms with Gasteiger partial charge in [-0.15, -0.1) is 0 Å². The summed E-state index contributed by atoms with van der Waals surface area (Å²) in [5.74, 6) is -0.111. The van der Waals surface area contributed by atoms with Crippen LogP contribution < -0.4 is 0 Å². The van der Waals surface area contributed by atoms with Crippen LogP contribution >= 0.6 is 0 Å². The van der Waals surface area contributed by atoms with Crippen LogP contribution in [-0.2, 0) is 6.54 Å². The minimum absolute atomic E-state index is 0.111. The van der Waals surface area contributed by atoms with Gasteiger partial charge in [0.1, 0.15) is 5.82 Å². The van der Waals surface area contributed by atoms with Gasteiger partial charge in [0.25, 0.3) is 0 Å². The van der Waals surface area contributed by atoms with Crippen molar-refractivity contribution in [2.45, 2.75) is 38.3 Å². The third kappa shape index (κ3) is 3.27. The van der Waals surface area contributed by atoms with Crippen molar-refractivity contribution in [3.05, 3.63) is 35.6 Å². The molecular formula is C14H20FNO. The molecular weight excluding hydrogens is 217 g/mol. The second kappa shape index (κ2) is 6.12. The normalized spacial score (nSPS) is 20.9. The number of rotatable bonds is 5. The molecule has 1 aliphatic heterocycles. The summed E-state index contributed by atoms with van der Waals surface area (Å²) in [5.41, 5.74) is 0.781. The van der Waals surface area contributed by atoms with Gasteiger partial charge in [-0.05, 0) is 38.3 Å². The molecule has 94 valence electrons. The van der Waals surface area contributed by atoms with E-state index in [-0.39, 0.29) is 12.4 Å². The van der Waals surface area contributed by atoms with Crippen LogP contribution in [0.25, 0.3) is 0 Å². The Hall–Kier alpha value is -0.930. The van der Waals surface area contributed by atoms with Crippen molar-refractivity contribution in [2.24, 2.45) is 0 Å². The molecule has 3 heteroatoms. The van der Waals surface area contributed by atoms with Gasteiger partial charge in [0.15, 0.2) is 0 Å². The van der Waals surface area contributed by atoms with E-state index >= 15 is 0 Å². The minimum Gasteiger partial charge on any atom is -0.396 e. The average Bonchev–Trinajstić information content (AvgIpc) is 2.77. The molecule has 1 N–H and O–H groups in total. The van der Waals surface area contributed by atoms with Crippen LogP contribution in [0.2, 0.25) is 0 Å². The zero-order valence-electron chi connectivity index (χ0n) is 10.1. The molecule has 1 atom stereocenters. The summed E-state index contributed by atoms with van der Waals surface area (Å²) in [6.07, 6.45) is 4.22. The van der Waals surface area contributed by atoms with Crippen molar-refractivity contribution in [1.82, 2.24) is 4.90 Å². The van der Waals surface area contributed by atoms with E-state index in [2.05, 4.69) is 4.90 Å². The van der Waals surface area contributed by atoms with Crippen LogP contribution in [0, 0.1) is 5.82 Å². The highest BCUT2D eigenvalue weighted by atomic mass is 19.1. The maximum atomic E-state index is 13.6. The summed E-state index contributed by atoms with van der Waals surface area (Å²) < 4.78 is 13.6. The predicted octanol–water partition coefficient (Wildman–Crippen LogP) is 2.56. The van der Waals surface area contributed by atoms with Crippen LogP contribution in [0.15, 0.2) is 24.3 Å². The molecule has 2 rings (SSSR count). The molecule has 0 amide bonds. The van der Waals surface area contributed by atoms with Gasteiger partial charge in [0.2, 0.25) is 0 Å². The number of hydrogen-bond acceptors (Lipinski definition) is 2. The molecule has 0 saturated carbocycles. The van der Waals surface area contributed by atoms with Crippen molar-refractivity contribution in [2.75, 3.05) is 13.2 Å². The fourth-order valence-corrected chi connectivity index (χ4v) is 2.60. The number of halogens is 1. The lowest BCUT2D eigenvalue weighted by Gasteiger charge is -2.24. The molecule has 1 heterocycles. The molecule has 2 nitrogen and oxygen atoms in total. The van der Waals surface area contributed by atoms with Gasteiger partial charge in [0.05, 0.1) is 0 Å². The van der Waals surface area contributed by atoms with Gasteiger partial charge in [0, 0.05) is 24.8 Å². The molecule has 1 unspecified atom stereocenters. The molecule has 1 fully saturated rings. The molecule has 1 aliphatic rings. The van der Waals surface area contributed by atoms with Crippen molar-refractivity contribution < 1.29 is 9.50 Å². The van der Waals surface area contributed by atoms with Gasteiger partial charge >= 0.3 is 0 Å². The van der Waals surface area contributed by atoms with Gasteiger partial charge in [-0.25, -0.2) is 4.39 Å². The van der Waals surface area contributed by atoms with E-state index in [1.807, 2.05) is 12.1 Å². The van der Waals surface area contributed by atoms with Gasteiger partial charge in [-0.2, -0.15) is 0 Å². The molecule has 0 aromatic heterocycles. The van der Waals surface area contributed by atoms with Crippen molar-refractivity contribution >= 4 is 0 Å². The van der Waals surface area contributed by atoms with E-state index in [0.29, 0.717) is 12.6 Å². The SMILES string of the molecule is OCCCC1CCCN1Cc1ccccc1F. The number of aliphatic hydroxyl groups is 1. The Kier molecular flexibility index (Phi) is 4.51. The largest absolute Gasteiger partial charge is 0.396 e. The second-order valence-corrected chi connectivity index (χ2v) is 4.72. The lowest BCUT2D eigenvalue weighted by atomic mass is 10.1. The van der Waals surface area contributed by atoms with E-state index < -0.39 is 0 Å². The zero-order valence-corrected chi connectivity index (χ0v) is 10.1. The lowest BCUT2D eigenvalue weighted by molar-refractivity contribution is 0.208. The number of hydrogen-bond donors (Lipinski definition) is 1. The summed E-state index contributed by atoms with van der Waals surface area (Å²) in [6, 6.07) is 7.51. The molecule has 0 aliphatic carbocycles. The Morgan fingerprint density at radius 2 is 2.18 bits per heavy atom. The Labute approximate surface area is 102 Å². The monoisotopic (exact) mass is 237 g/mol. The molecule has 0 radical (unpaired) electrons. The van der Waals surface area contributed by atoms with Gasteiger partial charge in [-0.3, -0.25) is 4.90 Å². The Bertz CT molecular complexity index is 356. The van der Waals surface area contributed by atoms with Crippen molar-refractivity contribution in [3.8, 4) is 0 Å². The maximum absolute atomic E-state index is 13.6. The first-order valence-electron chi connectivity index (χ1n) is 6.39. The third-order valence-corrected chi connectivity index (χ3v) is 3.53. The highest BCUT2D eigenvalue weighted by Crippen LogP contribution is 2.24. The first kappa shape index (κ1) is 12.5. The molecule has 1 saturated heterocycles. The van der Waals surface area contributed by atoms with E-state index in [1.54, 1.807) is 6.07 Å². The third-order valence-electron chi connectivity index (χ3n) is 3.53. The number of benzene rings is 1. The highest BCUT2D eigenvalue weighted by molar-refractivity contribution is 5.17. The van der Waals surface area contributed by atoms with Crippen molar-refractivity contribution in [1.29, 1.82) is 0 Å². The second-order valence-electron chi connectivity index (χ2n) is 4.72. The fourth-order valence-electron chi connectivity index (χ4n) is 2.60. The van der Waals surface area contributed by atoms with E-state index in [9.17, 15) is 4.39 Å². The summed E-state index contributed by atoms with van der Waals surface area (Å²) in [5, 5.41) is 8.87. The summed E-state index contributed by atoms with van der Waals surface area (Å²) in [7, 11) is 0. The summed E-state index contributed by atoms with van der Waals surface area (Å²) in [4.78, 5) is 2.34. The molecule has 1 aromatic carbocycles. The zero-order chi connectivity index (χ0) is 12.1. The average molecular weight is 237 g/mol. The topological polar surface area (TPSA) is 23.5 Å². The first-order chi connectivity index (χ1) is 8.31. The molecule has 0 bridgehead atoms. The van der Waals surface area contributed by atoms with Crippen LogP contribution in [0.4, 0.5) is 4.39 Å².